The molecule has 6 heteroatoms. The molecule has 0 saturated heterocycles. The fourth-order valence-corrected chi connectivity index (χ4v) is 2.49. The summed E-state index contributed by atoms with van der Waals surface area (Å²) in [5, 5.41) is 0. The van der Waals surface area contributed by atoms with Crippen LogP contribution in [0.5, 0.6) is 5.75 Å². The first kappa shape index (κ1) is 20.5. The Labute approximate surface area is 151 Å². The van der Waals surface area contributed by atoms with E-state index in [1.165, 1.54) is 0 Å². The second-order valence-electron chi connectivity index (χ2n) is 5.40. The van der Waals surface area contributed by atoms with E-state index in [-0.39, 0.29) is 31.4 Å². The summed E-state index contributed by atoms with van der Waals surface area (Å²) >= 11 is 3.37. The molecule has 0 aliphatic rings. The summed E-state index contributed by atoms with van der Waals surface area (Å²) in [6.07, 6.45) is 3.90. The number of carbonyl (C=O) groups excluding carboxylic acids is 2. The van der Waals surface area contributed by atoms with E-state index in [1.807, 2.05) is 18.2 Å². The first-order valence-electron chi connectivity index (χ1n) is 8.20. The summed E-state index contributed by atoms with van der Waals surface area (Å²) in [4.78, 5) is 23.2. The van der Waals surface area contributed by atoms with Crippen molar-refractivity contribution in [1.29, 1.82) is 0 Å². The normalized spacial score (nSPS) is 10.3. The quantitative estimate of drug-likeness (QED) is 0.406. The molecule has 0 radical (unpaired) electrons. The first-order chi connectivity index (χ1) is 11.6. The molecule has 1 aromatic carbocycles. The van der Waals surface area contributed by atoms with Gasteiger partial charge in [-0.3, -0.25) is 9.59 Å². The van der Waals surface area contributed by atoms with Gasteiger partial charge in [-0.05, 0) is 31.0 Å². The summed E-state index contributed by atoms with van der Waals surface area (Å²) in [6.45, 7) is 2.69. The molecule has 0 fully saturated rings. The highest BCUT2D eigenvalue weighted by atomic mass is 79.9. The molecule has 0 saturated carbocycles. The van der Waals surface area contributed by atoms with E-state index in [2.05, 4.69) is 22.9 Å². The number of rotatable bonds is 11. The van der Waals surface area contributed by atoms with Gasteiger partial charge in [0.2, 0.25) is 0 Å². The molecule has 0 aliphatic carbocycles. The minimum Gasteiger partial charge on any atom is -0.496 e. The summed E-state index contributed by atoms with van der Waals surface area (Å²) in [6, 6.07) is 5.51. The number of carbonyl (C=O) groups is 2. The van der Waals surface area contributed by atoms with Crippen molar-refractivity contribution in [2.24, 2.45) is 0 Å². The van der Waals surface area contributed by atoms with Crippen molar-refractivity contribution in [3.8, 4) is 5.75 Å². The Bertz CT molecular complexity index is 530. The third-order valence-corrected chi connectivity index (χ3v) is 3.90. The van der Waals surface area contributed by atoms with E-state index >= 15 is 0 Å². The van der Waals surface area contributed by atoms with Crippen molar-refractivity contribution < 1.29 is 23.8 Å². The van der Waals surface area contributed by atoms with Crippen LogP contribution in [-0.2, 0) is 25.7 Å². The van der Waals surface area contributed by atoms with Gasteiger partial charge in [-0.1, -0.05) is 35.7 Å². The molecular formula is C18H25BrO5. The molecule has 0 aliphatic heterocycles. The fraction of sp³-hybridized carbons (Fsp3) is 0.556. The van der Waals surface area contributed by atoms with Gasteiger partial charge in [-0.25, -0.2) is 0 Å². The van der Waals surface area contributed by atoms with Gasteiger partial charge in [0.1, 0.15) is 12.4 Å². The standard InChI is InChI=1S/C18H25BrO5/c1-3-4-5-11-23-17(20)7-6-8-18(21)24-13-14-12-15(19)9-10-16(14)22-2/h9-10,12H,3-8,11,13H2,1-2H3. The monoisotopic (exact) mass is 400 g/mol. The maximum atomic E-state index is 11.8. The molecule has 0 bridgehead atoms. The van der Waals surface area contributed by atoms with Gasteiger partial charge in [-0.2, -0.15) is 0 Å². The molecule has 24 heavy (non-hydrogen) atoms. The van der Waals surface area contributed by atoms with Crippen LogP contribution in [0, 0.1) is 0 Å². The van der Waals surface area contributed by atoms with Gasteiger partial charge in [-0.15, -0.1) is 0 Å². The molecule has 0 unspecified atom stereocenters. The van der Waals surface area contributed by atoms with Crippen LogP contribution >= 0.6 is 15.9 Å². The second-order valence-corrected chi connectivity index (χ2v) is 6.31. The van der Waals surface area contributed by atoms with Crippen LogP contribution in [0.3, 0.4) is 0 Å². The summed E-state index contributed by atoms with van der Waals surface area (Å²) < 4.78 is 16.4. The molecule has 0 aromatic heterocycles. The van der Waals surface area contributed by atoms with Gasteiger partial charge >= 0.3 is 11.9 Å². The van der Waals surface area contributed by atoms with Gasteiger partial charge in [0.25, 0.3) is 0 Å². The van der Waals surface area contributed by atoms with Crippen molar-refractivity contribution >= 4 is 27.9 Å². The lowest BCUT2D eigenvalue weighted by Gasteiger charge is -2.10. The highest BCUT2D eigenvalue weighted by Crippen LogP contribution is 2.23. The van der Waals surface area contributed by atoms with E-state index < -0.39 is 0 Å². The van der Waals surface area contributed by atoms with E-state index in [0.717, 1.165) is 29.3 Å². The van der Waals surface area contributed by atoms with E-state index in [1.54, 1.807) is 7.11 Å². The van der Waals surface area contributed by atoms with Crippen molar-refractivity contribution in [3.05, 3.63) is 28.2 Å². The first-order valence-corrected chi connectivity index (χ1v) is 8.99. The summed E-state index contributed by atoms with van der Waals surface area (Å²) in [7, 11) is 1.57. The van der Waals surface area contributed by atoms with Crippen molar-refractivity contribution in [1.82, 2.24) is 0 Å². The molecule has 1 rings (SSSR count). The van der Waals surface area contributed by atoms with Crippen molar-refractivity contribution in [2.75, 3.05) is 13.7 Å². The minimum atomic E-state index is -0.337. The predicted octanol–water partition coefficient (Wildman–Crippen LogP) is 4.40. The maximum Gasteiger partial charge on any atom is 0.306 e. The number of hydrogen-bond acceptors (Lipinski definition) is 5. The largest absolute Gasteiger partial charge is 0.496 e. The summed E-state index contributed by atoms with van der Waals surface area (Å²) in [5.41, 5.74) is 0.788. The molecule has 1 aromatic rings. The average Bonchev–Trinajstić information content (AvgIpc) is 2.57. The molecule has 0 amide bonds. The van der Waals surface area contributed by atoms with Gasteiger partial charge in [0.05, 0.1) is 13.7 Å². The Kier molecular flexibility index (Phi) is 10.2. The third-order valence-electron chi connectivity index (χ3n) is 3.40. The number of ether oxygens (including phenoxy) is 3. The molecular weight excluding hydrogens is 376 g/mol. The Hall–Kier alpha value is -1.56. The number of hydrogen-bond donors (Lipinski definition) is 0. The van der Waals surface area contributed by atoms with Gasteiger partial charge in [0, 0.05) is 22.9 Å². The number of halogens is 1. The Morgan fingerprint density at radius 2 is 1.75 bits per heavy atom. The zero-order valence-corrected chi connectivity index (χ0v) is 15.9. The van der Waals surface area contributed by atoms with E-state index in [0.29, 0.717) is 18.8 Å². The van der Waals surface area contributed by atoms with Crippen LogP contribution in [0.1, 0.15) is 51.0 Å². The summed E-state index contributed by atoms with van der Waals surface area (Å²) in [5.74, 6) is 0.0741. The Morgan fingerprint density at radius 3 is 2.42 bits per heavy atom. The molecule has 0 spiro atoms. The Morgan fingerprint density at radius 1 is 1.04 bits per heavy atom. The van der Waals surface area contributed by atoms with Gasteiger partial charge < -0.3 is 14.2 Å². The van der Waals surface area contributed by atoms with Gasteiger partial charge in [0.15, 0.2) is 0 Å². The van der Waals surface area contributed by atoms with Crippen LogP contribution in [0.15, 0.2) is 22.7 Å². The zero-order valence-electron chi connectivity index (χ0n) is 14.3. The lowest BCUT2D eigenvalue weighted by molar-refractivity contribution is -0.146. The number of esters is 2. The van der Waals surface area contributed by atoms with Crippen LogP contribution in [0.4, 0.5) is 0 Å². The van der Waals surface area contributed by atoms with Crippen LogP contribution in [-0.4, -0.2) is 25.7 Å². The average molecular weight is 401 g/mol. The fourth-order valence-electron chi connectivity index (χ4n) is 2.08. The van der Waals surface area contributed by atoms with E-state index in [9.17, 15) is 9.59 Å². The van der Waals surface area contributed by atoms with E-state index in [4.69, 9.17) is 14.2 Å². The molecule has 0 atom stereocenters. The Balaban J connectivity index is 2.23. The highest BCUT2D eigenvalue weighted by Gasteiger charge is 2.10. The SMILES string of the molecule is CCCCCOC(=O)CCCC(=O)OCc1cc(Br)ccc1OC. The third kappa shape index (κ3) is 8.34. The van der Waals surface area contributed by atoms with Crippen LogP contribution in [0.25, 0.3) is 0 Å². The van der Waals surface area contributed by atoms with Crippen molar-refractivity contribution in [2.45, 2.75) is 52.1 Å². The predicted molar refractivity (Wildman–Crippen MR) is 94.8 cm³/mol. The maximum absolute atomic E-state index is 11.8. The zero-order chi connectivity index (χ0) is 17.8. The topological polar surface area (TPSA) is 61.8 Å². The molecule has 0 heterocycles. The molecule has 0 N–H and O–H groups in total. The highest BCUT2D eigenvalue weighted by molar-refractivity contribution is 9.10. The molecule has 5 nitrogen and oxygen atoms in total. The van der Waals surface area contributed by atoms with Crippen molar-refractivity contribution in [3.63, 3.8) is 0 Å². The number of benzene rings is 1. The smallest absolute Gasteiger partial charge is 0.306 e. The minimum absolute atomic E-state index is 0.142. The molecule has 134 valence electrons. The number of unbranched alkanes of at least 4 members (excludes halogenated alkanes) is 2. The number of methoxy groups -OCH3 is 1. The second kappa shape index (κ2) is 11.9. The lowest BCUT2D eigenvalue weighted by Crippen LogP contribution is -2.09. The van der Waals surface area contributed by atoms with Crippen LogP contribution in [0.2, 0.25) is 0 Å². The van der Waals surface area contributed by atoms with Crippen LogP contribution < -0.4 is 4.74 Å². The lowest BCUT2D eigenvalue weighted by atomic mass is 10.2.